The summed E-state index contributed by atoms with van der Waals surface area (Å²) in [6, 6.07) is 1.57. The maximum absolute atomic E-state index is 13.5. The van der Waals surface area contributed by atoms with Gasteiger partial charge in [0, 0.05) is 42.5 Å². The quantitative estimate of drug-likeness (QED) is 0.103. The van der Waals surface area contributed by atoms with Gasteiger partial charge in [0.1, 0.15) is 0 Å². The number of likely N-dealkylation sites (tertiary alicyclic amines) is 1. The van der Waals surface area contributed by atoms with Crippen molar-refractivity contribution in [3.63, 3.8) is 0 Å². The number of alkyl halides is 3. The van der Waals surface area contributed by atoms with Crippen LogP contribution < -0.4 is 0 Å². The molecule has 0 bridgehead atoms. The van der Waals surface area contributed by atoms with Crippen LogP contribution in [0.25, 0.3) is 0 Å². The number of rotatable bonds is 15. The second-order valence-corrected chi connectivity index (χ2v) is 15.0. The highest BCUT2D eigenvalue weighted by Gasteiger charge is 2.43. The second-order valence-electron chi connectivity index (χ2n) is 14.6. The molecule has 1 heterocycles. The van der Waals surface area contributed by atoms with E-state index in [1.165, 1.54) is 50.2 Å². The monoisotopic (exact) mass is 712 g/mol. The lowest BCUT2D eigenvalue weighted by atomic mass is 9.86. The molecule has 276 valence electrons. The van der Waals surface area contributed by atoms with E-state index in [0.717, 1.165) is 31.4 Å². The zero-order chi connectivity index (χ0) is 36.8. The molecule has 1 aliphatic rings. The first-order valence-electron chi connectivity index (χ1n) is 17.7. The van der Waals surface area contributed by atoms with Crippen molar-refractivity contribution < 1.29 is 37.0 Å². The van der Waals surface area contributed by atoms with Crippen LogP contribution in [0.2, 0.25) is 5.02 Å². The van der Waals surface area contributed by atoms with E-state index in [9.17, 15) is 27.6 Å². The summed E-state index contributed by atoms with van der Waals surface area (Å²) < 4.78 is 51.2. The van der Waals surface area contributed by atoms with Crippen molar-refractivity contribution in [3.05, 3.63) is 34.3 Å². The number of piperidine rings is 1. The molecule has 1 fully saturated rings. The average molecular weight is 713 g/mol. The molecule has 0 spiro atoms. The number of carbonyl (C=O) groups excluding carboxylic acids is 3. The Balaban J connectivity index is 2.15. The fraction of sp³-hybridized carbons (Fsp3) is 0.711. The molecular weight excluding hydrogens is 657 g/mol. The van der Waals surface area contributed by atoms with Gasteiger partial charge in [0.25, 0.3) is 0 Å². The minimum absolute atomic E-state index is 0.0633. The molecule has 1 aromatic rings. The SMILES string of the molecule is CCC1CC(N(Cc2cc(Cl)cc(C(F)(F)F)c2)C(=O)OC)CC(CC(=O)C#CCCCCCCCCCC(C)(C)C)N1C(=O)OC(C)C. The van der Waals surface area contributed by atoms with Crippen LogP contribution in [-0.4, -0.2) is 59.1 Å². The lowest BCUT2D eigenvalue weighted by Crippen LogP contribution is -2.58. The highest BCUT2D eigenvalue weighted by Crippen LogP contribution is 2.35. The Labute approximate surface area is 296 Å². The van der Waals surface area contributed by atoms with Crippen molar-refractivity contribution in [2.45, 2.75) is 162 Å². The molecule has 0 N–H and O–H groups in total. The van der Waals surface area contributed by atoms with Crippen molar-refractivity contribution in [3.8, 4) is 11.8 Å². The predicted octanol–water partition coefficient (Wildman–Crippen LogP) is 10.6. The predicted molar refractivity (Wildman–Crippen MR) is 187 cm³/mol. The molecular formula is C38H56ClF3N2O5. The van der Waals surface area contributed by atoms with Crippen molar-refractivity contribution in [1.82, 2.24) is 9.80 Å². The highest BCUT2D eigenvalue weighted by molar-refractivity contribution is 6.30. The summed E-state index contributed by atoms with van der Waals surface area (Å²) in [4.78, 5) is 42.5. The number of amides is 2. The van der Waals surface area contributed by atoms with Crippen LogP contribution in [0.4, 0.5) is 22.8 Å². The van der Waals surface area contributed by atoms with Crippen molar-refractivity contribution in [2.24, 2.45) is 5.41 Å². The molecule has 2 amide bonds. The number of nitrogens with zero attached hydrogens (tertiary/aromatic N) is 2. The number of unbranched alkanes of at least 4 members (excludes halogenated alkanes) is 7. The first kappa shape index (κ1) is 42.2. The Morgan fingerprint density at radius 1 is 0.980 bits per heavy atom. The lowest BCUT2D eigenvalue weighted by Gasteiger charge is -2.47. The summed E-state index contributed by atoms with van der Waals surface area (Å²) >= 11 is 6.03. The number of Topliss-reactive ketones (excluding diaryl/α,β-unsaturated/α-hetero) is 1. The van der Waals surface area contributed by atoms with Gasteiger partial charge in [-0.05, 0) is 81.0 Å². The number of ether oxygens (including phenoxy) is 2. The van der Waals surface area contributed by atoms with Crippen LogP contribution in [0.5, 0.6) is 0 Å². The molecule has 1 aliphatic heterocycles. The summed E-state index contributed by atoms with van der Waals surface area (Å²) in [5.74, 6) is 5.42. The van der Waals surface area contributed by atoms with Crippen molar-refractivity contribution >= 4 is 29.6 Å². The minimum Gasteiger partial charge on any atom is -0.453 e. The summed E-state index contributed by atoms with van der Waals surface area (Å²) in [6.07, 6.45) is 4.55. The summed E-state index contributed by atoms with van der Waals surface area (Å²) in [6.45, 7) is 12.0. The largest absolute Gasteiger partial charge is 0.453 e. The topological polar surface area (TPSA) is 76.2 Å². The van der Waals surface area contributed by atoms with Gasteiger partial charge in [-0.15, -0.1) is 0 Å². The van der Waals surface area contributed by atoms with Crippen LogP contribution in [-0.2, 0) is 27.0 Å². The van der Waals surface area contributed by atoms with E-state index in [2.05, 4.69) is 32.6 Å². The van der Waals surface area contributed by atoms with Crippen molar-refractivity contribution in [2.75, 3.05) is 7.11 Å². The van der Waals surface area contributed by atoms with Crippen LogP contribution in [0.1, 0.15) is 136 Å². The lowest BCUT2D eigenvalue weighted by molar-refractivity contribution is -0.137. The average Bonchev–Trinajstić information content (AvgIpc) is 3.00. The molecule has 7 nitrogen and oxygen atoms in total. The number of benzene rings is 1. The molecule has 1 saturated heterocycles. The third-order valence-electron chi connectivity index (χ3n) is 8.76. The number of methoxy groups -OCH3 is 1. The zero-order valence-corrected chi connectivity index (χ0v) is 31.1. The Kier molecular flexibility index (Phi) is 17.3. The van der Waals surface area contributed by atoms with Crippen LogP contribution >= 0.6 is 11.6 Å². The Morgan fingerprint density at radius 3 is 2.16 bits per heavy atom. The first-order chi connectivity index (χ1) is 22.9. The molecule has 1 aromatic carbocycles. The maximum atomic E-state index is 13.5. The molecule has 2 rings (SSSR count). The fourth-order valence-corrected chi connectivity index (χ4v) is 6.61. The Bertz CT molecular complexity index is 1280. The van der Waals surface area contributed by atoms with Gasteiger partial charge < -0.3 is 19.3 Å². The van der Waals surface area contributed by atoms with Crippen molar-refractivity contribution in [1.29, 1.82) is 0 Å². The molecule has 0 saturated carbocycles. The number of hydrogen-bond acceptors (Lipinski definition) is 5. The van der Waals surface area contributed by atoms with E-state index in [0.29, 0.717) is 24.7 Å². The van der Waals surface area contributed by atoms with Gasteiger partial charge in [0.05, 0.1) is 18.8 Å². The fourth-order valence-electron chi connectivity index (χ4n) is 6.35. The van der Waals surface area contributed by atoms with Gasteiger partial charge in [-0.3, -0.25) is 4.79 Å². The normalized spacial score (nSPS) is 18.1. The van der Waals surface area contributed by atoms with Crippen LogP contribution in [0.15, 0.2) is 18.2 Å². The number of ketones is 1. The molecule has 0 aliphatic carbocycles. The zero-order valence-electron chi connectivity index (χ0n) is 30.4. The highest BCUT2D eigenvalue weighted by atomic mass is 35.5. The van der Waals surface area contributed by atoms with Gasteiger partial charge in [0.15, 0.2) is 0 Å². The van der Waals surface area contributed by atoms with Gasteiger partial charge >= 0.3 is 18.4 Å². The van der Waals surface area contributed by atoms with E-state index in [-0.39, 0.29) is 41.9 Å². The second kappa shape index (κ2) is 20.1. The Morgan fingerprint density at radius 2 is 1.59 bits per heavy atom. The Hall–Kier alpha value is -2.93. The number of carbonyl (C=O) groups is 3. The molecule has 49 heavy (non-hydrogen) atoms. The summed E-state index contributed by atoms with van der Waals surface area (Å²) in [5.41, 5.74) is -0.360. The smallest absolute Gasteiger partial charge is 0.416 e. The van der Waals surface area contributed by atoms with Gasteiger partial charge in [-0.1, -0.05) is 83.7 Å². The number of halogens is 4. The number of hydrogen-bond donors (Lipinski definition) is 0. The molecule has 0 radical (unpaired) electrons. The van der Waals surface area contributed by atoms with E-state index in [1.807, 2.05) is 6.92 Å². The van der Waals surface area contributed by atoms with Gasteiger partial charge in [-0.25, -0.2) is 9.59 Å². The van der Waals surface area contributed by atoms with E-state index in [4.69, 9.17) is 21.1 Å². The first-order valence-corrected chi connectivity index (χ1v) is 18.0. The standard InChI is InChI=1S/C38H56ClF3N2O5/c1-8-31-23-32(43(35(46)48-7)26-28-20-29(38(40,41)42)22-30(39)21-28)24-33(44(31)36(47)49-27(2)3)25-34(45)18-16-14-12-10-9-11-13-15-17-19-37(4,5)6/h20-22,27,31-33H,8-15,17,19,23-26H2,1-7H3. The van der Waals surface area contributed by atoms with Crippen LogP contribution in [0, 0.1) is 17.3 Å². The summed E-state index contributed by atoms with van der Waals surface area (Å²) in [7, 11) is 1.20. The maximum Gasteiger partial charge on any atom is 0.416 e. The van der Waals surface area contributed by atoms with Crippen LogP contribution in [0.3, 0.4) is 0 Å². The molecule has 3 atom stereocenters. The van der Waals surface area contributed by atoms with E-state index < -0.39 is 42.1 Å². The molecule has 3 unspecified atom stereocenters. The third-order valence-corrected chi connectivity index (χ3v) is 8.98. The molecule has 0 aromatic heterocycles. The summed E-state index contributed by atoms with van der Waals surface area (Å²) in [5, 5.41) is -0.110. The molecule has 11 heteroatoms. The van der Waals surface area contributed by atoms with Gasteiger partial charge in [0.2, 0.25) is 5.78 Å². The third kappa shape index (κ3) is 15.2. The van der Waals surface area contributed by atoms with E-state index in [1.54, 1.807) is 18.7 Å². The van der Waals surface area contributed by atoms with E-state index >= 15 is 0 Å². The van der Waals surface area contributed by atoms with Gasteiger partial charge in [-0.2, -0.15) is 13.2 Å². The minimum atomic E-state index is -4.62.